The van der Waals surface area contributed by atoms with Crippen LogP contribution in [0.25, 0.3) is 11.1 Å². The number of aliphatic hydroxyl groups excluding tert-OH is 1. The number of piperidine rings is 1. The normalized spacial score (nSPS) is 19.3. The van der Waals surface area contributed by atoms with Gasteiger partial charge in [-0.1, -0.05) is 91.3 Å². The molecule has 3 atom stereocenters. The molecule has 2 saturated heterocycles. The summed E-state index contributed by atoms with van der Waals surface area (Å²) in [7, 11) is 0. The molecule has 8 heteroatoms. The summed E-state index contributed by atoms with van der Waals surface area (Å²) in [6.45, 7) is 3.55. The lowest BCUT2D eigenvalue weighted by Crippen LogP contribution is -2.41. The minimum Gasteiger partial charge on any atom is -0.457 e. The summed E-state index contributed by atoms with van der Waals surface area (Å²) in [5.74, 6) is 1.45. The van der Waals surface area contributed by atoms with E-state index in [0.29, 0.717) is 18.0 Å². The van der Waals surface area contributed by atoms with Crippen LogP contribution in [0.4, 0.5) is 10.5 Å². The van der Waals surface area contributed by atoms with Crippen LogP contribution in [-0.2, 0) is 22.6 Å². The van der Waals surface area contributed by atoms with Gasteiger partial charge in [0.2, 0.25) is 0 Å². The lowest BCUT2D eigenvalue weighted by atomic mass is 9.98. The monoisotopic (exact) mass is 683 g/mol. The number of likely N-dealkylation sites (tertiary alicyclic amines) is 1. The highest BCUT2D eigenvalue weighted by Gasteiger charge is 2.33. The first-order chi connectivity index (χ1) is 25.1. The van der Waals surface area contributed by atoms with Crippen LogP contribution in [0.2, 0.25) is 0 Å². The molecular formula is C43H45N3O5. The summed E-state index contributed by atoms with van der Waals surface area (Å²) in [5.41, 5.74) is 6.77. The van der Waals surface area contributed by atoms with Crippen LogP contribution in [0.5, 0.6) is 11.5 Å². The number of amides is 2. The highest BCUT2D eigenvalue weighted by molar-refractivity contribution is 5.89. The largest absolute Gasteiger partial charge is 0.457 e. The van der Waals surface area contributed by atoms with Crippen molar-refractivity contribution in [2.45, 2.75) is 57.3 Å². The maximum atomic E-state index is 12.7. The topological polar surface area (TPSA) is 92.3 Å². The molecule has 2 heterocycles. The van der Waals surface area contributed by atoms with Gasteiger partial charge in [0.1, 0.15) is 11.5 Å². The second-order valence-corrected chi connectivity index (χ2v) is 13.3. The van der Waals surface area contributed by atoms with Crippen molar-refractivity contribution in [3.05, 3.63) is 150 Å². The van der Waals surface area contributed by atoms with E-state index in [1.807, 2.05) is 78.9 Å². The first-order valence-electron chi connectivity index (χ1n) is 17.9. The highest BCUT2D eigenvalue weighted by Crippen LogP contribution is 2.39. The molecule has 5 aromatic carbocycles. The number of carbonyl (C=O) groups is 1. The van der Waals surface area contributed by atoms with E-state index in [1.165, 1.54) is 19.3 Å². The summed E-state index contributed by atoms with van der Waals surface area (Å²) >= 11 is 0. The van der Waals surface area contributed by atoms with Gasteiger partial charge in [-0.05, 0) is 96.2 Å². The van der Waals surface area contributed by atoms with Gasteiger partial charge in [-0.3, -0.25) is 0 Å². The maximum absolute atomic E-state index is 12.7. The van der Waals surface area contributed by atoms with Gasteiger partial charge in [0.05, 0.1) is 18.8 Å². The van der Waals surface area contributed by atoms with Crippen molar-refractivity contribution in [2.24, 2.45) is 0 Å². The second-order valence-electron chi connectivity index (χ2n) is 13.3. The zero-order valence-electron chi connectivity index (χ0n) is 28.7. The number of hydrogen-bond donors (Lipinski definition) is 3. The van der Waals surface area contributed by atoms with Crippen molar-refractivity contribution >= 4 is 11.7 Å². The van der Waals surface area contributed by atoms with Crippen LogP contribution in [0.1, 0.15) is 60.3 Å². The zero-order valence-corrected chi connectivity index (χ0v) is 28.7. The molecule has 2 amide bonds. The van der Waals surface area contributed by atoms with Gasteiger partial charge in [-0.15, -0.1) is 0 Å². The Morgan fingerprint density at radius 3 is 2.20 bits per heavy atom. The van der Waals surface area contributed by atoms with E-state index in [0.717, 1.165) is 65.2 Å². The molecule has 0 aromatic heterocycles. The fourth-order valence-corrected chi connectivity index (χ4v) is 6.75. The molecule has 0 bridgehead atoms. The Kier molecular flexibility index (Phi) is 11.4. The van der Waals surface area contributed by atoms with E-state index in [4.69, 9.17) is 14.2 Å². The maximum Gasteiger partial charge on any atom is 0.319 e. The molecule has 2 fully saturated rings. The average Bonchev–Trinajstić information content (AvgIpc) is 3.19. The average molecular weight is 684 g/mol. The molecule has 2 aliphatic rings. The number of rotatable bonds is 11. The van der Waals surface area contributed by atoms with E-state index in [2.05, 4.69) is 64.1 Å². The zero-order chi connectivity index (χ0) is 34.8. The van der Waals surface area contributed by atoms with E-state index in [1.54, 1.807) is 0 Å². The van der Waals surface area contributed by atoms with Crippen molar-refractivity contribution in [1.29, 1.82) is 0 Å². The fourth-order valence-electron chi connectivity index (χ4n) is 6.75. The summed E-state index contributed by atoms with van der Waals surface area (Å²) in [5, 5.41) is 15.4. The van der Waals surface area contributed by atoms with Crippen molar-refractivity contribution in [3.8, 4) is 22.6 Å². The standard InChI is InChI=1S/C43H45N3O5/c47-30-31-12-14-34(15-13-31)41-27-40(29-46-24-5-2-6-25-46)50-42(51-41)35-18-16-33(17-19-35)36-9-7-8-32(26-36)28-44-43(48)45-37-20-22-39(23-21-37)49-38-10-3-1-4-11-38/h1,3-4,7-23,26,40-42,47H,2,5-6,24-25,27-30H2,(H2,44,45,48)/t40-,41+,42+/m0/s1. The SMILES string of the molecule is O=C(NCc1cccc(-c2ccc([C@@H]3O[C@H](CN4CCCCC4)C[C@H](c4ccc(CO)cc4)O3)cc2)c1)Nc1ccc(Oc2ccccc2)cc1. The van der Waals surface area contributed by atoms with Gasteiger partial charge in [0.15, 0.2) is 6.29 Å². The van der Waals surface area contributed by atoms with Gasteiger partial charge >= 0.3 is 6.03 Å². The number of benzene rings is 5. The molecule has 0 radical (unpaired) electrons. The van der Waals surface area contributed by atoms with E-state index < -0.39 is 6.29 Å². The minimum absolute atomic E-state index is 0.0256. The Bertz CT molecular complexity index is 1840. The first kappa shape index (κ1) is 34.5. The number of carbonyl (C=O) groups excluding carboxylic acids is 1. The molecular weight excluding hydrogens is 638 g/mol. The Hall–Kier alpha value is -4.99. The molecule has 0 unspecified atom stereocenters. The summed E-state index contributed by atoms with van der Waals surface area (Å²) in [4.78, 5) is 15.2. The Morgan fingerprint density at radius 1 is 0.725 bits per heavy atom. The van der Waals surface area contributed by atoms with Gasteiger partial charge < -0.3 is 34.9 Å². The number of para-hydroxylation sites is 1. The Morgan fingerprint density at radius 2 is 1.45 bits per heavy atom. The van der Waals surface area contributed by atoms with E-state index >= 15 is 0 Å². The number of nitrogens with zero attached hydrogens (tertiary/aromatic N) is 1. The van der Waals surface area contributed by atoms with Crippen molar-refractivity contribution < 1.29 is 24.1 Å². The van der Waals surface area contributed by atoms with Crippen LogP contribution in [0, 0.1) is 0 Å². The number of aliphatic hydroxyl groups is 1. The van der Waals surface area contributed by atoms with Crippen LogP contribution in [0.15, 0.2) is 127 Å². The lowest BCUT2D eigenvalue weighted by molar-refractivity contribution is -0.253. The van der Waals surface area contributed by atoms with E-state index in [-0.39, 0.29) is 24.8 Å². The Labute approximate surface area is 300 Å². The summed E-state index contributed by atoms with van der Waals surface area (Å²) in [6.07, 6.45) is 4.05. The number of anilines is 1. The molecule has 2 aliphatic heterocycles. The van der Waals surface area contributed by atoms with Gasteiger partial charge in [-0.25, -0.2) is 4.79 Å². The third-order valence-electron chi connectivity index (χ3n) is 9.51. The number of nitrogens with one attached hydrogen (secondary N) is 2. The van der Waals surface area contributed by atoms with Gasteiger partial charge in [-0.2, -0.15) is 0 Å². The van der Waals surface area contributed by atoms with Crippen LogP contribution < -0.4 is 15.4 Å². The molecule has 51 heavy (non-hydrogen) atoms. The summed E-state index contributed by atoms with van der Waals surface area (Å²) in [6, 6.07) is 41.2. The van der Waals surface area contributed by atoms with Gasteiger partial charge in [0.25, 0.3) is 0 Å². The molecule has 5 aromatic rings. The van der Waals surface area contributed by atoms with Gasteiger partial charge in [0, 0.05) is 30.8 Å². The molecule has 3 N–H and O–H groups in total. The smallest absolute Gasteiger partial charge is 0.319 e. The molecule has 8 nitrogen and oxygen atoms in total. The lowest BCUT2D eigenvalue weighted by Gasteiger charge is -2.39. The van der Waals surface area contributed by atoms with Crippen LogP contribution in [-0.4, -0.2) is 41.8 Å². The molecule has 0 spiro atoms. The predicted octanol–water partition coefficient (Wildman–Crippen LogP) is 8.99. The molecule has 0 saturated carbocycles. The first-order valence-corrected chi connectivity index (χ1v) is 17.9. The summed E-state index contributed by atoms with van der Waals surface area (Å²) < 4.78 is 19.0. The number of ether oxygens (including phenoxy) is 3. The quantitative estimate of drug-likeness (QED) is 0.129. The predicted molar refractivity (Wildman–Crippen MR) is 199 cm³/mol. The number of hydrogen-bond acceptors (Lipinski definition) is 6. The third kappa shape index (κ3) is 9.42. The highest BCUT2D eigenvalue weighted by atomic mass is 16.7. The number of urea groups is 1. The Balaban J connectivity index is 0.965. The molecule has 262 valence electrons. The molecule has 7 rings (SSSR count). The second kappa shape index (κ2) is 16.8. The molecule has 0 aliphatic carbocycles. The van der Waals surface area contributed by atoms with E-state index in [9.17, 15) is 9.90 Å². The van der Waals surface area contributed by atoms with Crippen LogP contribution >= 0.6 is 0 Å². The van der Waals surface area contributed by atoms with Crippen molar-refractivity contribution in [2.75, 3.05) is 25.0 Å². The fraction of sp³-hybridized carbons (Fsp3) is 0.279. The van der Waals surface area contributed by atoms with Crippen LogP contribution in [0.3, 0.4) is 0 Å². The minimum atomic E-state index is -0.480. The third-order valence-corrected chi connectivity index (χ3v) is 9.51. The van der Waals surface area contributed by atoms with Crippen molar-refractivity contribution in [1.82, 2.24) is 10.2 Å². The van der Waals surface area contributed by atoms with Crippen molar-refractivity contribution in [3.63, 3.8) is 0 Å².